The minimum absolute atomic E-state index is 0.174. The number of hydrogen-bond acceptors (Lipinski definition) is 4. The van der Waals surface area contributed by atoms with Gasteiger partial charge in [-0.1, -0.05) is 0 Å². The molecule has 0 atom stereocenters. The Hall–Kier alpha value is -0.560. The van der Waals surface area contributed by atoms with Gasteiger partial charge in [-0.15, -0.1) is 11.8 Å². The van der Waals surface area contributed by atoms with Crippen LogP contribution in [0.2, 0.25) is 0 Å². The van der Waals surface area contributed by atoms with E-state index in [0.29, 0.717) is 0 Å². The number of nitrogens with two attached hydrogens (primary N) is 1. The van der Waals surface area contributed by atoms with Gasteiger partial charge in [-0.2, -0.15) is 4.83 Å². The normalized spacial score (nSPS) is 11.5. The van der Waals surface area contributed by atoms with Crippen LogP contribution in [0, 0.1) is 0 Å². The van der Waals surface area contributed by atoms with Crippen LogP contribution >= 0.6 is 11.8 Å². The number of hydrogen-bond donors (Lipinski definition) is 2. The molecule has 72 valence electrons. The van der Waals surface area contributed by atoms with Crippen molar-refractivity contribution in [1.29, 1.82) is 0 Å². The summed E-state index contributed by atoms with van der Waals surface area (Å²) >= 11 is 1.55. The first-order chi connectivity index (χ1) is 6.10. The highest BCUT2D eigenvalue weighted by Crippen LogP contribution is 2.16. The number of rotatable bonds is 3. The fourth-order valence-corrected chi connectivity index (χ4v) is 1.86. The van der Waals surface area contributed by atoms with E-state index < -0.39 is 10.0 Å². The highest BCUT2D eigenvalue weighted by Gasteiger charge is 2.10. The van der Waals surface area contributed by atoms with Crippen molar-refractivity contribution in [3.8, 4) is 0 Å². The molecular weight excluding hydrogens is 208 g/mol. The van der Waals surface area contributed by atoms with Crippen molar-refractivity contribution in [2.24, 2.45) is 5.84 Å². The Labute approximate surface area is 81.5 Å². The van der Waals surface area contributed by atoms with Gasteiger partial charge in [-0.25, -0.2) is 8.42 Å². The summed E-state index contributed by atoms with van der Waals surface area (Å²) in [5.74, 6) is 4.87. The Bertz CT molecular complexity index is 372. The number of sulfonamides is 1. The molecule has 0 aliphatic heterocycles. The van der Waals surface area contributed by atoms with Crippen molar-refractivity contribution < 1.29 is 8.42 Å². The molecule has 0 aliphatic rings. The molecule has 6 heteroatoms. The zero-order chi connectivity index (χ0) is 9.90. The number of benzene rings is 1. The van der Waals surface area contributed by atoms with E-state index in [2.05, 4.69) is 0 Å². The van der Waals surface area contributed by atoms with Gasteiger partial charge in [0.15, 0.2) is 0 Å². The zero-order valence-corrected chi connectivity index (χ0v) is 8.65. The second-order valence-corrected chi connectivity index (χ2v) is 4.89. The molecule has 4 nitrogen and oxygen atoms in total. The first-order valence-electron chi connectivity index (χ1n) is 3.46. The lowest BCUT2D eigenvalue weighted by atomic mass is 10.4. The average Bonchev–Trinajstić information content (AvgIpc) is 2.18. The van der Waals surface area contributed by atoms with E-state index in [1.54, 1.807) is 28.7 Å². The van der Waals surface area contributed by atoms with E-state index in [1.807, 2.05) is 6.26 Å². The van der Waals surface area contributed by atoms with Crippen LogP contribution in [-0.2, 0) is 10.0 Å². The molecule has 1 aromatic rings. The molecule has 0 unspecified atom stereocenters. The van der Waals surface area contributed by atoms with Crippen LogP contribution in [0.25, 0.3) is 0 Å². The van der Waals surface area contributed by atoms with Crippen LogP contribution in [0.1, 0.15) is 0 Å². The Morgan fingerprint density at radius 3 is 2.23 bits per heavy atom. The van der Waals surface area contributed by atoms with Crippen molar-refractivity contribution in [1.82, 2.24) is 4.83 Å². The van der Waals surface area contributed by atoms with Crippen LogP contribution in [0.5, 0.6) is 0 Å². The summed E-state index contributed by atoms with van der Waals surface area (Å²) in [6, 6.07) is 6.49. The quantitative estimate of drug-likeness (QED) is 0.442. The standard InChI is InChI=1S/C7H10N2O2S2/c1-12-6-2-4-7(5-3-6)13(10,11)9-8/h2-5,9H,8H2,1H3. The molecule has 0 aliphatic carbocycles. The van der Waals surface area contributed by atoms with Gasteiger partial charge in [0.05, 0.1) is 4.90 Å². The van der Waals surface area contributed by atoms with Crippen LogP contribution in [0.3, 0.4) is 0 Å². The fraction of sp³-hybridized carbons (Fsp3) is 0.143. The number of thioether (sulfide) groups is 1. The third-order valence-electron chi connectivity index (χ3n) is 1.52. The van der Waals surface area contributed by atoms with Gasteiger partial charge >= 0.3 is 0 Å². The maximum absolute atomic E-state index is 11.2. The summed E-state index contributed by atoms with van der Waals surface area (Å²) in [6.07, 6.45) is 1.92. The highest BCUT2D eigenvalue weighted by molar-refractivity contribution is 7.98. The van der Waals surface area contributed by atoms with E-state index in [4.69, 9.17) is 5.84 Å². The lowest BCUT2D eigenvalue weighted by Gasteiger charge is -2.02. The predicted octanol–water partition coefficient (Wildman–Crippen LogP) is 0.560. The van der Waals surface area contributed by atoms with Crippen molar-refractivity contribution >= 4 is 21.8 Å². The summed E-state index contributed by atoms with van der Waals surface area (Å²) in [6.45, 7) is 0. The van der Waals surface area contributed by atoms with Crippen molar-refractivity contribution in [2.45, 2.75) is 9.79 Å². The molecule has 0 saturated carbocycles. The maximum atomic E-state index is 11.2. The molecule has 0 saturated heterocycles. The second-order valence-electron chi connectivity index (χ2n) is 2.30. The van der Waals surface area contributed by atoms with Gasteiger partial charge in [0.2, 0.25) is 0 Å². The third kappa shape index (κ3) is 2.44. The minimum Gasteiger partial charge on any atom is -0.257 e. The number of nitrogens with one attached hydrogen (secondary N) is 1. The minimum atomic E-state index is -3.50. The summed E-state index contributed by atoms with van der Waals surface area (Å²) in [4.78, 5) is 2.94. The third-order valence-corrected chi connectivity index (χ3v) is 3.47. The van der Waals surface area contributed by atoms with Gasteiger partial charge in [0.25, 0.3) is 10.0 Å². The van der Waals surface area contributed by atoms with E-state index in [0.717, 1.165) is 4.90 Å². The molecule has 13 heavy (non-hydrogen) atoms. The molecule has 3 N–H and O–H groups in total. The Morgan fingerprint density at radius 1 is 1.31 bits per heavy atom. The molecule has 0 amide bonds. The van der Waals surface area contributed by atoms with Crippen molar-refractivity contribution in [3.05, 3.63) is 24.3 Å². The van der Waals surface area contributed by atoms with E-state index >= 15 is 0 Å². The van der Waals surface area contributed by atoms with Gasteiger partial charge in [-0.3, -0.25) is 5.84 Å². The SMILES string of the molecule is CSc1ccc(S(=O)(=O)NN)cc1. The first-order valence-corrected chi connectivity index (χ1v) is 6.17. The van der Waals surface area contributed by atoms with Crippen LogP contribution < -0.4 is 10.7 Å². The molecule has 0 spiro atoms. The Morgan fingerprint density at radius 2 is 1.85 bits per heavy atom. The topological polar surface area (TPSA) is 72.2 Å². The van der Waals surface area contributed by atoms with Crippen LogP contribution in [0.15, 0.2) is 34.1 Å². The fourth-order valence-electron chi connectivity index (χ4n) is 0.823. The highest BCUT2D eigenvalue weighted by atomic mass is 32.2. The molecule has 0 heterocycles. The van der Waals surface area contributed by atoms with Crippen molar-refractivity contribution in [3.63, 3.8) is 0 Å². The summed E-state index contributed by atoms with van der Waals surface area (Å²) in [5, 5.41) is 0. The summed E-state index contributed by atoms with van der Waals surface area (Å²) in [5.41, 5.74) is 0. The molecule has 1 rings (SSSR count). The van der Waals surface area contributed by atoms with Crippen LogP contribution in [-0.4, -0.2) is 14.7 Å². The largest absolute Gasteiger partial charge is 0.257 e. The second kappa shape index (κ2) is 4.10. The van der Waals surface area contributed by atoms with E-state index in [9.17, 15) is 8.42 Å². The molecule has 0 radical (unpaired) electrons. The average molecular weight is 218 g/mol. The van der Waals surface area contributed by atoms with Crippen molar-refractivity contribution in [2.75, 3.05) is 6.26 Å². The summed E-state index contributed by atoms with van der Waals surface area (Å²) in [7, 11) is -3.50. The number of hydrazine groups is 1. The molecule has 0 aromatic heterocycles. The molecule has 0 bridgehead atoms. The molecule has 0 fully saturated rings. The smallest absolute Gasteiger partial charge is 0.253 e. The van der Waals surface area contributed by atoms with E-state index in [-0.39, 0.29) is 4.90 Å². The molecule has 1 aromatic carbocycles. The lowest BCUT2D eigenvalue weighted by Crippen LogP contribution is -2.30. The van der Waals surface area contributed by atoms with Crippen LogP contribution in [0.4, 0.5) is 0 Å². The Balaban J connectivity index is 3.06. The Kier molecular flexibility index (Phi) is 3.32. The van der Waals surface area contributed by atoms with E-state index in [1.165, 1.54) is 12.1 Å². The predicted molar refractivity (Wildman–Crippen MR) is 52.7 cm³/mol. The lowest BCUT2D eigenvalue weighted by molar-refractivity contribution is 0.584. The molecular formula is C7H10N2O2S2. The maximum Gasteiger partial charge on any atom is 0.253 e. The van der Waals surface area contributed by atoms with Gasteiger partial charge in [0.1, 0.15) is 0 Å². The summed E-state index contributed by atoms with van der Waals surface area (Å²) < 4.78 is 22.3. The van der Waals surface area contributed by atoms with Gasteiger partial charge < -0.3 is 0 Å². The van der Waals surface area contributed by atoms with Gasteiger partial charge in [-0.05, 0) is 30.5 Å². The van der Waals surface area contributed by atoms with Gasteiger partial charge in [0, 0.05) is 4.90 Å². The first kappa shape index (κ1) is 10.5. The monoisotopic (exact) mass is 218 g/mol. The zero-order valence-electron chi connectivity index (χ0n) is 7.02.